The van der Waals surface area contributed by atoms with Crippen molar-refractivity contribution in [1.29, 1.82) is 0 Å². The Morgan fingerprint density at radius 3 is 2.60 bits per heavy atom. The number of nitrogens with one attached hydrogen (secondary N) is 1. The van der Waals surface area contributed by atoms with Crippen molar-refractivity contribution < 1.29 is 9.90 Å². The Balaban J connectivity index is 2.34. The first-order valence-electron chi connectivity index (χ1n) is 7.30. The van der Waals surface area contributed by atoms with Crippen LogP contribution in [0.3, 0.4) is 0 Å². The molecule has 4 N–H and O–H groups in total. The van der Waals surface area contributed by atoms with Gasteiger partial charge < -0.3 is 16.2 Å². The molecule has 2 unspecified atom stereocenters. The minimum Gasteiger partial charge on any atom is -0.394 e. The van der Waals surface area contributed by atoms with E-state index in [4.69, 9.17) is 5.73 Å². The molecule has 4 nitrogen and oxygen atoms in total. The molecule has 4 heteroatoms. The second kappa shape index (κ2) is 9.50. The molecular formula is C16H26N2O2. The molecule has 0 fully saturated rings. The van der Waals surface area contributed by atoms with E-state index in [1.165, 1.54) is 0 Å². The van der Waals surface area contributed by atoms with Crippen molar-refractivity contribution in [2.24, 2.45) is 11.7 Å². The van der Waals surface area contributed by atoms with Gasteiger partial charge in [0.25, 0.3) is 0 Å². The maximum Gasteiger partial charge on any atom is 0.220 e. The van der Waals surface area contributed by atoms with Crippen molar-refractivity contribution in [3.05, 3.63) is 35.9 Å². The van der Waals surface area contributed by atoms with Crippen LogP contribution in [0.4, 0.5) is 0 Å². The lowest BCUT2D eigenvalue weighted by molar-refractivity contribution is -0.122. The van der Waals surface area contributed by atoms with Gasteiger partial charge in [0.05, 0.1) is 12.6 Å². The highest BCUT2D eigenvalue weighted by atomic mass is 16.3. The molecule has 1 rings (SSSR count). The maximum absolute atomic E-state index is 11.9. The summed E-state index contributed by atoms with van der Waals surface area (Å²) in [5, 5.41) is 12.3. The van der Waals surface area contributed by atoms with Crippen LogP contribution in [0, 0.1) is 5.92 Å². The summed E-state index contributed by atoms with van der Waals surface area (Å²) >= 11 is 0. The summed E-state index contributed by atoms with van der Waals surface area (Å²) in [7, 11) is 0. The van der Waals surface area contributed by atoms with E-state index in [1.807, 2.05) is 30.3 Å². The van der Waals surface area contributed by atoms with Crippen LogP contribution in [-0.4, -0.2) is 30.2 Å². The van der Waals surface area contributed by atoms with E-state index in [0.717, 1.165) is 18.4 Å². The molecule has 112 valence electrons. The van der Waals surface area contributed by atoms with Gasteiger partial charge in [0.15, 0.2) is 0 Å². The summed E-state index contributed by atoms with van der Waals surface area (Å²) in [6.45, 7) is 2.72. The molecule has 0 aliphatic carbocycles. The van der Waals surface area contributed by atoms with E-state index in [9.17, 15) is 9.90 Å². The molecule has 2 atom stereocenters. The Kier molecular flexibility index (Phi) is 7.92. The molecule has 0 bridgehead atoms. The first-order valence-corrected chi connectivity index (χ1v) is 7.30. The van der Waals surface area contributed by atoms with Crippen LogP contribution in [0.2, 0.25) is 0 Å². The number of amides is 1. The predicted molar refractivity (Wildman–Crippen MR) is 81.2 cm³/mol. The smallest absolute Gasteiger partial charge is 0.220 e. The highest BCUT2D eigenvalue weighted by molar-refractivity contribution is 5.76. The van der Waals surface area contributed by atoms with Crippen LogP contribution in [0.25, 0.3) is 0 Å². The highest BCUT2D eigenvalue weighted by Crippen LogP contribution is 2.09. The average molecular weight is 278 g/mol. The van der Waals surface area contributed by atoms with Gasteiger partial charge >= 0.3 is 0 Å². The van der Waals surface area contributed by atoms with Gasteiger partial charge in [-0.05, 0) is 37.3 Å². The van der Waals surface area contributed by atoms with Crippen LogP contribution >= 0.6 is 0 Å². The van der Waals surface area contributed by atoms with Gasteiger partial charge in [-0.25, -0.2) is 0 Å². The van der Waals surface area contributed by atoms with E-state index in [0.29, 0.717) is 25.3 Å². The van der Waals surface area contributed by atoms with Gasteiger partial charge in [0, 0.05) is 6.42 Å². The molecule has 0 saturated heterocycles. The Bertz CT molecular complexity index is 381. The monoisotopic (exact) mass is 278 g/mol. The lowest BCUT2D eigenvalue weighted by atomic mass is 10.0. The molecule has 0 aliphatic heterocycles. The topological polar surface area (TPSA) is 75.4 Å². The average Bonchev–Trinajstić information content (AvgIpc) is 2.46. The molecule has 0 spiro atoms. The number of carbonyl (C=O) groups excluding carboxylic acids is 1. The van der Waals surface area contributed by atoms with Crippen LogP contribution in [0.1, 0.15) is 31.7 Å². The van der Waals surface area contributed by atoms with Crippen molar-refractivity contribution in [1.82, 2.24) is 5.32 Å². The maximum atomic E-state index is 11.9. The lowest BCUT2D eigenvalue weighted by Crippen LogP contribution is -2.39. The van der Waals surface area contributed by atoms with Gasteiger partial charge in [0.2, 0.25) is 5.91 Å². The van der Waals surface area contributed by atoms with Crippen molar-refractivity contribution >= 4 is 5.91 Å². The van der Waals surface area contributed by atoms with E-state index in [2.05, 4.69) is 12.2 Å². The number of nitrogens with two attached hydrogens (primary N) is 1. The normalized spacial score (nSPS) is 13.8. The zero-order valence-corrected chi connectivity index (χ0v) is 12.2. The third-order valence-corrected chi connectivity index (χ3v) is 3.43. The number of hydrogen-bond donors (Lipinski definition) is 3. The zero-order chi connectivity index (χ0) is 14.8. The van der Waals surface area contributed by atoms with E-state index >= 15 is 0 Å². The first-order chi connectivity index (χ1) is 9.65. The summed E-state index contributed by atoms with van der Waals surface area (Å²) < 4.78 is 0. The summed E-state index contributed by atoms with van der Waals surface area (Å²) in [5.41, 5.74) is 6.60. The summed E-state index contributed by atoms with van der Waals surface area (Å²) in [6, 6.07) is 9.65. The molecule has 0 aliphatic rings. The first kappa shape index (κ1) is 16.7. The quantitative estimate of drug-likeness (QED) is 0.640. The SMILES string of the molecule is CC(CCN)CCC(=O)NC(CO)Cc1ccccc1. The fraction of sp³-hybridized carbons (Fsp3) is 0.562. The standard InChI is InChI=1S/C16H26N2O2/c1-13(9-10-17)7-8-16(20)18-15(12-19)11-14-5-3-2-4-6-14/h2-6,13,15,19H,7-12,17H2,1H3,(H,18,20). The number of benzene rings is 1. The van der Waals surface area contributed by atoms with Gasteiger partial charge in [0.1, 0.15) is 0 Å². The van der Waals surface area contributed by atoms with Gasteiger partial charge in [-0.1, -0.05) is 37.3 Å². The van der Waals surface area contributed by atoms with E-state index < -0.39 is 0 Å². The number of hydrogen-bond acceptors (Lipinski definition) is 3. The van der Waals surface area contributed by atoms with Gasteiger partial charge in [-0.2, -0.15) is 0 Å². The lowest BCUT2D eigenvalue weighted by Gasteiger charge is -2.17. The zero-order valence-electron chi connectivity index (χ0n) is 12.2. The third kappa shape index (κ3) is 6.68. The molecule has 0 heterocycles. The van der Waals surface area contributed by atoms with Gasteiger partial charge in [-0.15, -0.1) is 0 Å². The molecule has 1 aromatic rings. The highest BCUT2D eigenvalue weighted by Gasteiger charge is 2.13. The summed E-state index contributed by atoms with van der Waals surface area (Å²) in [5.74, 6) is 0.469. The molecule has 1 amide bonds. The predicted octanol–water partition coefficient (Wildman–Crippen LogP) is 1.47. The Morgan fingerprint density at radius 2 is 2.00 bits per heavy atom. The van der Waals surface area contributed by atoms with Gasteiger partial charge in [-0.3, -0.25) is 4.79 Å². The molecule has 1 aromatic carbocycles. The van der Waals surface area contributed by atoms with Crippen molar-refractivity contribution in [3.63, 3.8) is 0 Å². The Morgan fingerprint density at radius 1 is 1.30 bits per heavy atom. The van der Waals surface area contributed by atoms with Crippen molar-refractivity contribution in [3.8, 4) is 0 Å². The third-order valence-electron chi connectivity index (χ3n) is 3.43. The van der Waals surface area contributed by atoms with Crippen LogP contribution in [-0.2, 0) is 11.2 Å². The number of rotatable bonds is 9. The van der Waals surface area contributed by atoms with Crippen molar-refractivity contribution in [2.45, 2.75) is 38.6 Å². The van der Waals surface area contributed by atoms with Crippen LogP contribution in [0.15, 0.2) is 30.3 Å². The Labute approximate surface area is 121 Å². The molecule has 0 saturated carbocycles. The van der Waals surface area contributed by atoms with Crippen LogP contribution in [0.5, 0.6) is 0 Å². The van der Waals surface area contributed by atoms with Crippen LogP contribution < -0.4 is 11.1 Å². The second-order valence-electron chi connectivity index (χ2n) is 5.36. The minimum atomic E-state index is -0.213. The molecule has 20 heavy (non-hydrogen) atoms. The summed E-state index contributed by atoms with van der Waals surface area (Å²) in [4.78, 5) is 11.9. The minimum absolute atomic E-state index is 0.00357. The van der Waals surface area contributed by atoms with E-state index in [1.54, 1.807) is 0 Å². The molecule has 0 aromatic heterocycles. The number of aliphatic hydroxyl groups excluding tert-OH is 1. The molecular weight excluding hydrogens is 252 g/mol. The fourth-order valence-corrected chi connectivity index (χ4v) is 2.17. The van der Waals surface area contributed by atoms with E-state index in [-0.39, 0.29) is 18.6 Å². The molecule has 0 radical (unpaired) electrons. The number of carbonyl (C=O) groups is 1. The van der Waals surface area contributed by atoms with Crippen molar-refractivity contribution in [2.75, 3.05) is 13.2 Å². The Hall–Kier alpha value is -1.39. The second-order valence-corrected chi connectivity index (χ2v) is 5.36. The summed E-state index contributed by atoms with van der Waals surface area (Å²) in [6.07, 6.45) is 2.93. The number of aliphatic hydroxyl groups is 1. The largest absolute Gasteiger partial charge is 0.394 e. The fourth-order valence-electron chi connectivity index (χ4n) is 2.17.